The molecular formula is C12H17O. The SMILES string of the molecule is CCCc1[c]ccc(CCC)c1O. The highest BCUT2D eigenvalue weighted by molar-refractivity contribution is 5.39. The third-order valence-corrected chi connectivity index (χ3v) is 2.15. The van der Waals surface area contributed by atoms with Gasteiger partial charge in [0.1, 0.15) is 5.75 Å². The first-order valence-electron chi connectivity index (χ1n) is 5.01. The van der Waals surface area contributed by atoms with Gasteiger partial charge in [-0.25, -0.2) is 0 Å². The lowest BCUT2D eigenvalue weighted by atomic mass is 10.0. The molecule has 1 rings (SSSR count). The van der Waals surface area contributed by atoms with Gasteiger partial charge in [-0.3, -0.25) is 0 Å². The van der Waals surface area contributed by atoms with E-state index >= 15 is 0 Å². The lowest BCUT2D eigenvalue weighted by Crippen LogP contribution is -1.90. The third kappa shape index (κ3) is 2.48. The average molecular weight is 177 g/mol. The molecule has 1 aromatic carbocycles. The van der Waals surface area contributed by atoms with Crippen molar-refractivity contribution in [3.05, 3.63) is 29.3 Å². The molecular weight excluding hydrogens is 160 g/mol. The molecule has 1 N–H and O–H groups in total. The Balaban J connectivity index is 2.89. The summed E-state index contributed by atoms with van der Waals surface area (Å²) in [7, 11) is 0. The van der Waals surface area contributed by atoms with Crippen LogP contribution in [0.1, 0.15) is 37.8 Å². The van der Waals surface area contributed by atoms with E-state index in [1.165, 1.54) is 0 Å². The van der Waals surface area contributed by atoms with Gasteiger partial charge in [0, 0.05) is 5.56 Å². The maximum absolute atomic E-state index is 9.82. The highest BCUT2D eigenvalue weighted by atomic mass is 16.3. The number of phenols is 1. The van der Waals surface area contributed by atoms with Crippen molar-refractivity contribution in [3.8, 4) is 5.75 Å². The van der Waals surface area contributed by atoms with E-state index in [0.29, 0.717) is 5.75 Å². The Morgan fingerprint density at radius 2 is 1.92 bits per heavy atom. The summed E-state index contributed by atoms with van der Waals surface area (Å²) in [4.78, 5) is 0. The predicted octanol–water partition coefficient (Wildman–Crippen LogP) is 3.10. The van der Waals surface area contributed by atoms with Crippen LogP contribution in [0.4, 0.5) is 0 Å². The first-order valence-corrected chi connectivity index (χ1v) is 5.01. The van der Waals surface area contributed by atoms with Gasteiger partial charge in [-0.15, -0.1) is 0 Å². The van der Waals surface area contributed by atoms with E-state index in [1.54, 1.807) is 0 Å². The lowest BCUT2D eigenvalue weighted by Gasteiger charge is -2.07. The molecule has 0 unspecified atom stereocenters. The van der Waals surface area contributed by atoms with Crippen LogP contribution >= 0.6 is 0 Å². The Kier molecular flexibility index (Phi) is 3.81. The minimum Gasteiger partial charge on any atom is -0.507 e. The molecule has 0 aliphatic rings. The highest BCUT2D eigenvalue weighted by Crippen LogP contribution is 2.24. The Hall–Kier alpha value is -0.980. The summed E-state index contributed by atoms with van der Waals surface area (Å²) in [6, 6.07) is 6.96. The van der Waals surface area contributed by atoms with E-state index in [-0.39, 0.29) is 0 Å². The summed E-state index contributed by atoms with van der Waals surface area (Å²) in [6.45, 7) is 4.23. The number of phenolic OH excluding ortho intramolecular Hbond substituents is 1. The molecule has 1 aromatic rings. The number of benzene rings is 1. The van der Waals surface area contributed by atoms with Gasteiger partial charge in [0.05, 0.1) is 0 Å². The maximum Gasteiger partial charge on any atom is 0.122 e. The molecule has 1 heteroatoms. The standard InChI is InChI=1S/C12H17O/c1-3-6-10-8-5-9-11(7-4-2)12(10)13/h5,8,13H,3-4,6-7H2,1-2H3. The van der Waals surface area contributed by atoms with Crippen molar-refractivity contribution in [1.82, 2.24) is 0 Å². The van der Waals surface area contributed by atoms with Crippen molar-refractivity contribution in [1.29, 1.82) is 0 Å². The van der Waals surface area contributed by atoms with E-state index in [1.807, 2.05) is 12.1 Å². The summed E-state index contributed by atoms with van der Waals surface area (Å²) in [6.07, 6.45) is 4.00. The fourth-order valence-electron chi connectivity index (χ4n) is 1.50. The van der Waals surface area contributed by atoms with Gasteiger partial charge in [-0.2, -0.15) is 0 Å². The van der Waals surface area contributed by atoms with E-state index in [9.17, 15) is 5.11 Å². The third-order valence-electron chi connectivity index (χ3n) is 2.15. The van der Waals surface area contributed by atoms with Crippen molar-refractivity contribution in [2.24, 2.45) is 0 Å². The largest absolute Gasteiger partial charge is 0.507 e. The fourth-order valence-corrected chi connectivity index (χ4v) is 1.50. The van der Waals surface area contributed by atoms with Crippen molar-refractivity contribution < 1.29 is 5.11 Å². The quantitative estimate of drug-likeness (QED) is 0.749. The molecule has 13 heavy (non-hydrogen) atoms. The van der Waals surface area contributed by atoms with Crippen LogP contribution < -0.4 is 0 Å². The molecule has 0 amide bonds. The van der Waals surface area contributed by atoms with Crippen molar-refractivity contribution in [2.45, 2.75) is 39.5 Å². The monoisotopic (exact) mass is 177 g/mol. The zero-order valence-electron chi connectivity index (χ0n) is 8.43. The summed E-state index contributed by atoms with van der Waals surface area (Å²) < 4.78 is 0. The summed E-state index contributed by atoms with van der Waals surface area (Å²) in [5.41, 5.74) is 2.03. The molecule has 0 aliphatic heterocycles. The van der Waals surface area contributed by atoms with Crippen LogP contribution in [0.5, 0.6) is 5.75 Å². The van der Waals surface area contributed by atoms with Gasteiger partial charge in [-0.05, 0) is 24.5 Å². The molecule has 0 fully saturated rings. The predicted molar refractivity (Wildman–Crippen MR) is 54.9 cm³/mol. The van der Waals surface area contributed by atoms with Crippen molar-refractivity contribution in [3.63, 3.8) is 0 Å². The van der Waals surface area contributed by atoms with Crippen LogP contribution in [-0.4, -0.2) is 5.11 Å². The molecule has 0 heterocycles. The van der Waals surface area contributed by atoms with E-state index < -0.39 is 0 Å². The molecule has 0 spiro atoms. The van der Waals surface area contributed by atoms with Gasteiger partial charge < -0.3 is 5.11 Å². The van der Waals surface area contributed by atoms with E-state index in [0.717, 1.165) is 36.8 Å². The van der Waals surface area contributed by atoms with Gasteiger partial charge >= 0.3 is 0 Å². The van der Waals surface area contributed by atoms with Crippen molar-refractivity contribution in [2.75, 3.05) is 0 Å². The summed E-state index contributed by atoms with van der Waals surface area (Å²) in [5.74, 6) is 0.464. The molecule has 0 aliphatic carbocycles. The first-order chi connectivity index (χ1) is 6.29. The second-order valence-corrected chi connectivity index (χ2v) is 3.33. The van der Waals surface area contributed by atoms with E-state index in [2.05, 4.69) is 19.9 Å². The first kappa shape index (κ1) is 10.1. The number of hydrogen-bond acceptors (Lipinski definition) is 1. The van der Waals surface area contributed by atoms with Crippen LogP contribution in [0.25, 0.3) is 0 Å². The maximum atomic E-state index is 9.82. The molecule has 0 saturated heterocycles. The Bertz CT molecular complexity index is 242. The smallest absolute Gasteiger partial charge is 0.122 e. The Labute approximate surface area is 80.4 Å². The minimum atomic E-state index is 0.464. The zero-order chi connectivity index (χ0) is 9.68. The molecule has 0 aromatic heterocycles. The lowest BCUT2D eigenvalue weighted by molar-refractivity contribution is 0.459. The van der Waals surface area contributed by atoms with Crippen LogP contribution in [0.2, 0.25) is 0 Å². The number of hydrogen-bond donors (Lipinski definition) is 1. The normalized spacial score (nSPS) is 10.3. The van der Waals surface area contributed by atoms with Crippen LogP contribution in [0.3, 0.4) is 0 Å². The zero-order valence-corrected chi connectivity index (χ0v) is 8.43. The average Bonchev–Trinajstić information content (AvgIpc) is 2.13. The van der Waals surface area contributed by atoms with Gasteiger partial charge in [0.2, 0.25) is 0 Å². The number of rotatable bonds is 4. The molecule has 71 valence electrons. The number of aromatic hydroxyl groups is 1. The summed E-state index contributed by atoms with van der Waals surface area (Å²) >= 11 is 0. The summed E-state index contributed by atoms with van der Waals surface area (Å²) in [5, 5.41) is 9.82. The van der Waals surface area contributed by atoms with Crippen LogP contribution in [0.15, 0.2) is 12.1 Å². The van der Waals surface area contributed by atoms with Crippen LogP contribution in [0, 0.1) is 6.07 Å². The molecule has 0 bridgehead atoms. The number of aryl methyl sites for hydroxylation is 2. The molecule has 1 nitrogen and oxygen atoms in total. The van der Waals surface area contributed by atoms with Gasteiger partial charge in [0.25, 0.3) is 0 Å². The van der Waals surface area contributed by atoms with Crippen molar-refractivity contribution >= 4 is 0 Å². The van der Waals surface area contributed by atoms with Gasteiger partial charge in [0.15, 0.2) is 0 Å². The van der Waals surface area contributed by atoms with E-state index in [4.69, 9.17) is 0 Å². The van der Waals surface area contributed by atoms with Crippen LogP contribution in [-0.2, 0) is 12.8 Å². The van der Waals surface area contributed by atoms with Gasteiger partial charge in [-0.1, -0.05) is 38.8 Å². The highest BCUT2D eigenvalue weighted by Gasteiger charge is 2.04. The minimum absolute atomic E-state index is 0.464. The molecule has 0 atom stereocenters. The fraction of sp³-hybridized carbons (Fsp3) is 0.500. The second kappa shape index (κ2) is 4.90. The molecule has 0 saturated carbocycles. The Morgan fingerprint density at radius 1 is 1.23 bits per heavy atom. The molecule has 1 radical (unpaired) electrons. The Morgan fingerprint density at radius 3 is 2.54 bits per heavy atom. The second-order valence-electron chi connectivity index (χ2n) is 3.33. The topological polar surface area (TPSA) is 20.2 Å².